The largest absolute Gasteiger partial charge is 0.416 e. The average Bonchev–Trinajstić information content (AvgIpc) is 2.33. The van der Waals surface area contributed by atoms with Crippen LogP contribution in [0.2, 0.25) is 0 Å². The van der Waals surface area contributed by atoms with Crippen LogP contribution in [-0.2, 0) is 10.9 Å². The van der Waals surface area contributed by atoms with E-state index in [0.29, 0.717) is 0 Å². The van der Waals surface area contributed by atoms with Crippen LogP contribution >= 0.6 is 0 Å². The molecule has 0 saturated heterocycles. The summed E-state index contributed by atoms with van der Waals surface area (Å²) in [4.78, 5) is 0. The number of rotatable bonds is 6. The first-order valence-electron chi connectivity index (χ1n) is 5.52. The summed E-state index contributed by atoms with van der Waals surface area (Å²) in [5.74, 6) is 0. The molecule has 0 aliphatic heterocycles. The molecule has 1 aromatic carbocycles. The molecular weight excluding hydrogens is 271 g/mol. The Balaban J connectivity index is 2.55. The van der Waals surface area contributed by atoms with E-state index in [-0.39, 0.29) is 18.6 Å². The number of aliphatic hydroxyl groups excluding tert-OH is 1. The predicted octanol–water partition coefficient (Wildman–Crippen LogP) is 3.41. The predicted molar refractivity (Wildman–Crippen MR) is 57.8 cm³/mol. The molecule has 0 fully saturated rings. The third-order valence-corrected chi connectivity index (χ3v) is 2.38. The van der Waals surface area contributed by atoms with Crippen molar-refractivity contribution >= 4 is 0 Å². The lowest BCUT2D eigenvalue weighted by atomic mass is 10.0. The number of aliphatic hydroxyl groups is 1. The molecular formula is C12H13F5O2. The van der Waals surface area contributed by atoms with E-state index >= 15 is 0 Å². The topological polar surface area (TPSA) is 29.5 Å². The number of hydrogen-bond donors (Lipinski definition) is 1. The van der Waals surface area contributed by atoms with Crippen molar-refractivity contribution in [2.75, 3.05) is 13.2 Å². The second-order valence-corrected chi connectivity index (χ2v) is 3.89. The monoisotopic (exact) mass is 284 g/mol. The number of hydrogen-bond acceptors (Lipinski definition) is 2. The molecule has 0 bridgehead atoms. The zero-order chi connectivity index (χ0) is 14.5. The first-order valence-corrected chi connectivity index (χ1v) is 5.52. The minimum atomic E-state index is -4.48. The Kier molecular flexibility index (Phi) is 5.68. The van der Waals surface area contributed by atoms with Gasteiger partial charge in [0.1, 0.15) is 6.61 Å². The molecule has 0 aliphatic carbocycles. The lowest BCUT2D eigenvalue weighted by Crippen LogP contribution is -2.10. The molecule has 0 aliphatic rings. The van der Waals surface area contributed by atoms with Crippen LogP contribution in [-0.4, -0.2) is 24.7 Å². The quantitative estimate of drug-likeness (QED) is 0.640. The third-order valence-electron chi connectivity index (χ3n) is 2.38. The van der Waals surface area contributed by atoms with Gasteiger partial charge in [-0.2, -0.15) is 13.2 Å². The van der Waals surface area contributed by atoms with Gasteiger partial charge in [0.2, 0.25) is 0 Å². The maximum atomic E-state index is 12.4. The van der Waals surface area contributed by atoms with E-state index in [1.807, 2.05) is 0 Å². The van der Waals surface area contributed by atoms with Gasteiger partial charge < -0.3 is 9.84 Å². The zero-order valence-electron chi connectivity index (χ0n) is 9.83. The van der Waals surface area contributed by atoms with Crippen molar-refractivity contribution in [1.82, 2.24) is 0 Å². The highest BCUT2D eigenvalue weighted by atomic mass is 19.4. The number of benzene rings is 1. The van der Waals surface area contributed by atoms with Crippen LogP contribution in [0.15, 0.2) is 24.3 Å². The molecule has 1 atom stereocenters. The fourth-order valence-electron chi connectivity index (χ4n) is 1.46. The highest BCUT2D eigenvalue weighted by Gasteiger charge is 2.30. The number of ether oxygens (including phenoxy) is 1. The molecule has 0 heterocycles. The molecule has 0 aromatic heterocycles. The van der Waals surface area contributed by atoms with Crippen LogP contribution in [0.4, 0.5) is 22.0 Å². The van der Waals surface area contributed by atoms with Gasteiger partial charge in [0.15, 0.2) is 0 Å². The van der Waals surface area contributed by atoms with E-state index in [2.05, 4.69) is 4.74 Å². The average molecular weight is 284 g/mol. The van der Waals surface area contributed by atoms with Crippen LogP contribution in [0.1, 0.15) is 23.7 Å². The van der Waals surface area contributed by atoms with Gasteiger partial charge >= 0.3 is 6.18 Å². The summed E-state index contributed by atoms with van der Waals surface area (Å²) < 4.78 is 65.4. The number of alkyl halides is 5. The third kappa shape index (κ3) is 5.52. The molecule has 0 radical (unpaired) electrons. The second kappa shape index (κ2) is 6.81. The zero-order valence-corrected chi connectivity index (χ0v) is 9.83. The van der Waals surface area contributed by atoms with Crippen molar-refractivity contribution in [1.29, 1.82) is 0 Å². The van der Waals surface area contributed by atoms with Crippen LogP contribution in [0.25, 0.3) is 0 Å². The normalized spacial score (nSPS) is 13.8. The molecule has 19 heavy (non-hydrogen) atoms. The van der Waals surface area contributed by atoms with Crippen LogP contribution < -0.4 is 0 Å². The van der Waals surface area contributed by atoms with Crippen LogP contribution in [0.5, 0.6) is 0 Å². The lowest BCUT2D eigenvalue weighted by Gasteiger charge is -2.13. The molecule has 0 amide bonds. The Morgan fingerprint density at radius 2 is 1.89 bits per heavy atom. The van der Waals surface area contributed by atoms with Gasteiger partial charge in [-0.3, -0.25) is 0 Å². The molecule has 0 spiro atoms. The Morgan fingerprint density at radius 1 is 1.21 bits per heavy atom. The smallest absolute Gasteiger partial charge is 0.388 e. The molecule has 7 heteroatoms. The second-order valence-electron chi connectivity index (χ2n) is 3.89. The fraction of sp³-hybridized carbons (Fsp3) is 0.500. The Hall–Kier alpha value is -1.21. The Morgan fingerprint density at radius 3 is 2.47 bits per heavy atom. The molecule has 108 valence electrons. The van der Waals surface area contributed by atoms with Gasteiger partial charge in [0, 0.05) is 13.0 Å². The highest BCUT2D eigenvalue weighted by Crippen LogP contribution is 2.31. The molecule has 2 nitrogen and oxygen atoms in total. The minimum Gasteiger partial charge on any atom is -0.388 e. The van der Waals surface area contributed by atoms with E-state index < -0.39 is 30.9 Å². The first kappa shape index (κ1) is 15.8. The van der Waals surface area contributed by atoms with E-state index in [1.54, 1.807) is 0 Å². The van der Waals surface area contributed by atoms with Gasteiger partial charge in [-0.05, 0) is 17.7 Å². The van der Waals surface area contributed by atoms with Crippen molar-refractivity contribution in [3.63, 3.8) is 0 Å². The Bertz CT molecular complexity index is 392. The summed E-state index contributed by atoms with van der Waals surface area (Å²) in [5, 5.41) is 9.64. The first-order chi connectivity index (χ1) is 8.80. The summed E-state index contributed by atoms with van der Waals surface area (Å²) in [6.45, 7) is -0.906. The van der Waals surface area contributed by atoms with Crippen LogP contribution in [0.3, 0.4) is 0 Å². The van der Waals surface area contributed by atoms with E-state index in [0.717, 1.165) is 12.1 Å². The standard InChI is InChI=1S/C12H13F5O2/c13-11(14)7-19-5-4-10(18)8-2-1-3-9(6-8)12(15,16)17/h1-3,6,10-11,18H,4-5,7H2. The van der Waals surface area contributed by atoms with E-state index in [1.165, 1.54) is 12.1 Å². The molecule has 1 unspecified atom stereocenters. The SMILES string of the molecule is OC(CCOCC(F)F)c1cccc(C(F)(F)F)c1. The van der Waals surface area contributed by atoms with Crippen molar-refractivity contribution in [3.8, 4) is 0 Å². The summed E-state index contributed by atoms with van der Waals surface area (Å²) in [5.41, 5.74) is -0.784. The summed E-state index contributed by atoms with van der Waals surface area (Å²) in [6, 6.07) is 4.25. The van der Waals surface area contributed by atoms with Gasteiger partial charge in [-0.1, -0.05) is 12.1 Å². The minimum absolute atomic E-state index is 0.0476. The maximum Gasteiger partial charge on any atom is 0.416 e. The fourth-order valence-corrected chi connectivity index (χ4v) is 1.46. The summed E-state index contributed by atoms with van der Waals surface area (Å²) in [6.07, 6.45) is -8.32. The number of halogens is 5. The van der Waals surface area contributed by atoms with Gasteiger partial charge in [0.05, 0.1) is 11.7 Å². The van der Waals surface area contributed by atoms with Crippen molar-refractivity contribution in [3.05, 3.63) is 35.4 Å². The van der Waals surface area contributed by atoms with Crippen molar-refractivity contribution < 1.29 is 31.8 Å². The van der Waals surface area contributed by atoms with Crippen LogP contribution in [0, 0.1) is 0 Å². The maximum absolute atomic E-state index is 12.4. The molecule has 1 aromatic rings. The molecule has 0 saturated carbocycles. The van der Waals surface area contributed by atoms with Gasteiger partial charge in [0.25, 0.3) is 6.43 Å². The van der Waals surface area contributed by atoms with Crippen molar-refractivity contribution in [2.24, 2.45) is 0 Å². The van der Waals surface area contributed by atoms with Gasteiger partial charge in [-0.15, -0.1) is 0 Å². The molecule has 1 rings (SSSR count). The van der Waals surface area contributed by atoms with E-state index in [9.17, 15) is 27.1 Å². The van der Waals surface area contributed by atoms with Crippen molar-refractivity contribution in [2.45, 2.75) is 25.1 Å². The molecule has 1 N–H and O–H groups in total. The van der Waals surface area contributed by atoms with E-state index in [4.69, 9.17) is 0 Å². The summed E-state index contributed by atoms with van der Waals surface area (Å²) in [7, 11) is 0. The summed E-state index contributed by atoms with van der Waals surface area (Å²) >= 11 is 0. The highest BCUT2D eigenvalue weighted by molar-refractivity contribution is 5.27. The lowest BCUT2D eigenvalue weighted by molar-refractivity contribution is -0.137. The Labute approximate surface area is 106 Å². The van der Waals surface area contributed by atoms with Gasteiger partial charge in [-0.25, -0.2) is 8.78 Å².